The molecule has 18 heavy (non-hydrogen) atoms. The summed E-state index contributed by atoms with van der Waals surface area (Å²) >= 11 is 0. The molecule has 0 aliphatic carbocycles. The fourth-order valence-electron chi connectivity index (χ4n) is 1.51. The number of allylic oxidation sites excluding steroid dienone is 1. The van der Waals surface area contributed by atoms with Crippen molar-refractivity contribution < 1.29 is 9.90 Å². The van der Waals surface area contributed by atoms with Crippen molar-refractivity contribution in [2.24, 2.45) is 0 Å². The van der Waals surface area contributed by atoms with Crippen LogP contribution in [0.3, 0.4) is 0 Å². The van der Waals surface area contributed by atoms with Crippen molar-refractivity contribution in [2.75, 3.05) is 5.32 Å². The number of nitrogens with zero attached hydrogens (tertiary/aromatic N) is 2. The molecule has 0 spiro atoms. The second-order valence-corrected chi connectivity index (χ2v) is 3.68. The molecule has 90 valence electrons. The lowest BCUT2D eigenvalue weighted by Gasteiger charge is -2.11. The lowest BCUT2D eigenvalue weighted by Crippen LogP contribution is -2.07. The lowest BCUT2D eigenvalue weighted by atomic mass is 10.0. The van der Waals surface area contributed by atoms with Crippen LogP contribution in [0.5, 0.6) is 0 Å². The van der Waals surface area contributed by atoms with E-state index in [-0.39, 0.29) is 11.1 Å². The van der Waals surface area contributed by atoms with Gasteiger partial charge in [-0.05, 0) is 25.0 Å². The molecule has 0 aromatic heterocycles. The maximum absolute atomic E-state index is 11.2. The van der Waals surface area contributed by atoms with Crippen LogP contribution >= 0.6 is 0 Å². The van der Waals surface area contributed by atoms with E-state index in [1.807, 2.05) is 0 Å². The summed E-state index contributed by atoms with van der Waals surface area (Å²) in [5.74, 6) is -1.05. The summed E-state index contributed by atoms with van der Waals surface area (Å²) < 4.78 is 0. The molecule has 0 unspecified atom stereocenters. The first kappa shape index (κ1) is 13.3. The number of nitriles is 2. The van der Waals surface area contributed by atoms with E-state index in [0.717, 1.165) is 5.56 Å². The van der Waals surface area contributed by atoms with Crippen LogP contribution in [-0.2, 0) is 0 Å². The van der Waals surface area contributed by atoms with Gasteiger partial charge in [0, 0.05) is 6.20 Å². The predicted octanol–water partition coefficient (Wildman–Crippen LogP) is 2.34. The Hall–Kier alpha value is -2.79. The molecule has 0 heterocycles. The topological polar surface area (TPSA) is 96.9 Å². The van der Waals surface area contributed by atoms with Gasteiger partial charge in [0.15, 0.2) is 0 Å². The van der Waals surface area contributed by atoms with Crippen LogP contribution in [0.15, 0.2) is 23.9 Å². The zero-order valence-electron chi connectivity index (χ0n) is 9.98. The molecule has 0 saturated heterocycles. The maximum atomic E-state index is 11.2. The molecule has 0 radical (unpaired) electrons. The third-order valence-electron chi connectivity index (χ3n) is 2.44. The van der Waals surface area contributed by atoms with Gasteiger partial charge in [-0.3, -0.25) is 0 Å². The van der Waals surface area contributed by atoms with Crippen molar-refractivity contribution in [1.82, 2.24) is 0 Å². The smallest absolute Gasteiger partial charge is 0.338 e. The SMILES string of the molecule is Cc1ccc(C)c(C(=O)O)c1NC=C(C#N)C#N. The number of aromatic carboxylic acids is 1. The summed E-state index contributed by atoms with van der Waals surface area (Å²) in [4.78, 5) is 11.2. The number of aryl methyl sites for hydroxylation is 2. The number of rotatable bonds is 3. The highest BCUT2D eigenvalue weighted by atomic mass is 16.4. The van der Waals surface area contributed by atoms with E-state index in [0.29, 0.717) is 11.3 Å². The van der Waals surface area contributed by atoms with Gasteiger partial charge in [0.05, 0.1) is 11.3 Å². The van der Waals surface area contributed by atoms with E-state index in [1.54, 1.807) is 38.1 Å². The minimum absolute atomic E-state index is 0.118. The Balaban J connectivity index is 3.30. The molecule has 0 aliphatic rings. The third kappa shape index (κ3) is 2.66. The average Bonchev–Trinajstić information content (AvgIpc) is 2.34. The van der Waals surface area contributed by atoms with Crippen molar-refractivity contribution >= 4 is 11.7 Å². The molecule has 0 aliphatic heterocycles. The Morgan fingerprint density at radius 3 is 2.33 bits per heavy atom. The van der Waals surface area contributed by atoms with E-state index in [1.165, 1.54) is 6.20 Å². The monoisotopic (exact) mass is 241 g/mol. The third-order valence-corrected chi connectivity index (χ3v) is 2.44. The number of carbonyl (C=O) groups is 1. The first-order chi connectivity index (χ1) is 8.51. The van der Waals surface area contributed by atoms with Gasteiger partial charge < -0.3 is 10.4 Å². The number of benzene rings is 1. The molecule has 1 aromatic rings. The normalized spacial score (nSPS) is 8.89. The highest BCUT2D eigenvalue weighted by Gasteiger charge is 2.14. The van der Waals surface area contributed by atoms with Crippen molar-refractivity contribution in [3.63, 3.8) is 0 Å². The lowest BCUT2D eigenvalue weighted by molar-refractivity contribution is 0.0697. The molecule has 0 saturated carbocycles. The molecule has 0 amide bonds. The molecule has 1 rings (SSSR count). The van der Waals surface area contributed by atoms with Crippen LogP contribution in [0, 0.1) is 36.5 Å². The van der Waals surface area contributed by atoms with Crippen LogP contribution in [0.4, 0.5) is 5.69 Å². The van der Waals surface area contributed by atoms with Gasteiger partial charge in [0.25, 0.3) is 0 Å². The number of nitrogens with one attached hydrogen (secondary N) is 1. The zero-order chi connectivity index (χ0) is 13.7. The molecule has 2 N–H and O–H groups in total. The molecular formula is C13H11N3O2. The first-order valence-corrected chi connectivity index (χ1v) is 5.11. The summed E-state index contributed by atoms with van der Waals surface area (Å²) in [6.45, 7) is 3.44. The molecular weight excluding hydrogens is 230 g/mol. The summed E-state index contributed by atoms with van der Waals surface area (Å²) in [6.07, 6.45) is 1.20. The molecule has 0 fully saturated rings. The quantitative estimate of drug-likeness (QED) is 0.791. The Bertz CT molecular complexity index is 588. The molecule has 0 atom stereocenters. The summed E-state index contributed by atoms with van der Waals surface area (Å²) in [6, 6.07) is 6.88. The first-order valence-electron chi connectivity index (χ1n) is 5.11. The number of carboxylic acid groups (broad SMARTS) is 1. The summed E-state index contributed by atoms with van der Waals surface area (Å²) in [5, 5.41) is 29.1. The number of hydrogen-bond donors (Lipinski definition) is 2. The fourth-order valence-corrected chi connectivity index (χ4v) is 1.51. The van der Waals surface area contributed by atoms with Crippen LogP contribution in [0.25, 0.3) is 0 Å². The highest BCUT2D eigenvalue weighted by Crippen LogP contribution is 2.24. The summed E-state index contributed by atoms with van der Waals surface area (Å²) in [7, 11) is 0. The average molecular weight is 241 g/mol. The van der Waals surface area contributed by atoms with Gasteiger partial charge in [0.2, 0.25) is 0 Å². The van der Waals surface area contributed by atoms with Gasteiger partial charge in [-0.1, -0.05) is 12.1 Å². The van der Waals surface area contributed by atoms with Gasteiger partial charge in [-0.2, -0.15) is 10.5 Å². The molecule has 0 bridgehead atoms. The molecule has 5 heteroatoms. The van der Waals surface area contributed by atoms with Crippen LogP contribution in [-0.4, -0.2) is 11.1 Å². The zero-order valence-corrected chi connectivity index (χ0v) is 9.98. The van der Waals surface area contributed by atoms with E-state index >= 15 is 0 Å². The minimum atomic E-state index is -1.05. The van der Waals surface area contributed by atoms with E-state index in [2.05, 4.69) is 5.32 Å². The van der Waals surface area contributed by atoms with Gasteiger partial charge >= 0.3 is 5.97 Å². The number of hydrogen-bond acceptors (Lipinski definition) is 4. The van der Waals surface area contributed by atoms with Crippen molar-refractivity contribution in [1.29, 1.82) is 10.5 Å². The second-order valence-electron chi connectivity index (χ2n) is 3.68. The van der Waals surface area contributed by atoms with E-state index in [4.69, 9.17) is 15.6 Å². The Kier molecular flexibility index (Phi) is 4.07. The van der Waals surface area contributed by atoms with E-state index < -0.39 is 5.97 Å². The standard InChI is InChI=1S/C13H11N3O2/c1-8-3-4-9(2)12(11(8)13(17)18)16-7-10(5-14)6-15/h3-4,7,16H,1-2H3,(H,17,18). The number of carboxylic acids is 1. The van der Waals surface area contributed by atoms with Crippen LogP contribution in [0.1, 0.15) is 21.5 Å². The van der Waals surface area contributed by atoms with Crippen LogP contribution in [0.2, 0.25) is 0 Å². The van der Waals surface area contributed by atoms with Gasteiger partial charge in [-0.25, -0.2) is 4.79 Å². The van der Waals surface area contributed by atoms with Gasteiger partial charge in [-0.15, -0.1) is 0 Å². The largest absolute Gasteiger partial charge is 0.478 e. The fraction of sp³-hybridized carbons (Fsp3) is 0.154. The van der Waals surface area contributed by atoms with Crippen molar-refractivity contribution in [2.45, 2.75) is 13.8 Å². The Morgan fingerprint density at radius 2 is 1.83 bits per heavy atom. The summed E-state index contributed by atoms with van der Waals surface area (Å²) in [5.41, 5.74) is 1.75. The number of anilines is 1. The van der Waals surface area contributed by atoms with Crippen LogP contribution < -0.4 is 5.32 Å². The molecule has 1 aromatic carbocycles. The minimum Gasteiger partial charge on any atom is -0.478 e. The van der Waals surface area contributed by atoms with Gasteiger partial charge in [0.1, 0.15) is 17.7 Å². The molecule has 5 nitrogen and oxygen atoms in total. The van der Waals surface area contributed by atoms with Crippen molar-refractivity contribution in [3.05, 3.63) is 40.6 Å². The highest BCUT2D eigenvalue weighted by molar-refractivity contribution is 5.97. The predicted molar refractivity (Wildman–Crippen MR) is 65.8 cm³/mol. The van der Waals surface area contributed by atoms with E-state index in [9.17, 15) is 4.79 Å². The maximum Gasteiger partial charge on any atom is 0.338 e. The second kappa shape index (κ2) is 5.51. The van der Waals surface area contributed by atoms with Crippen molar-refractivity contribution in [3.8, 4) is 12.1 Å². The Labute approximate surface area is 105 Å². The Morgan fingerprint density at radius 1 is 1.28 bits per heavy atom.